The second-order valence-electron chi connectivity index (χ2n) is 13.7. The molecule has 8 atom stereocenters. The molecule has 3 saturated heterocycles. The SMILES string of the molecule is C=CCN(Cc1ccccc1)C(=O)[C@@H]1[C@H]2C(=O)N([C@@H](CO)[C@@H](C)CC)C(C(=O)N(CC=C)c3c(C)cccc3Cl)C23CC(C)[C@@]1(C)O3. The molecule has 252 valence electrons. The molecule has 0 aromatic heterocycles. The van der Waals surface area contributed by atoms with Gasteiger partial charge in [-0.05, 0) is 49.3 Å². The summed E-state index contributed by atoms with van der Waals surface area (Å²) in [5.41, 5.74) is 0.0101. The van der Waals surface area contributed by atoms with Crippen LogP contribution in [0.25, 0.3) is 0 Å². The number of ether oxygens (including phenoxy) is 1. The number of carbonyl (C=O) groups excluding carboxylic acids is 3. The van der Waals surface area contributed by atoms with Gasteiger partial charge >= 0.3 is 0 Å². The van der Waals surface area contributed by atoms with Gasteiger partial charge in [0.25, 0.3) is 5.91 Å². The van der Waals surface area contributed by atoms with Gasteiger partial charge in [0.05, 0.1) is 40.8 Å². The molecule has 3 aliphatic rings. The molecule has 3 unspecified atom stereocenters. The van der Waals surface area contributed by atoms with Crippen molar-refractivity contribution in [3.05, 3.63) is 90.0 Å². The van der Waals surface area contributed by atoms with E-state index in [1.807, 2.05) is 77.1 Å². The number of para-hydroxylation sites is 1. The maximum atomic E-state index is 15.2. The molecular weight excluding hydrogens is 614 g/mol. The molecule has 3 amide bonds. The van der Waals surface area contributed by atoms with Crippen LogP contribution in [0.15, 0.2) is 73.8 Å². The maximum absolute atomic E-state index is 15.2. The lowest BCUT2D eigenvalue weighted by Crippen LogP contribution is -2.60. The van der Waals surface area contributed by atoms with Crippen LogP contribution in [0.3, 0.4) is 0 Å². The van der Waals surface area contributed by atoms with Crippen LogP contribution >= 0.6 is 11.6 Å². The molecule has 8 nitrogen and oxygen atoms in total. The van der Waals surface area contributed by atoms with Crippen molar-refractivity contribution in [2.24, 2.45) is 23.7 Å². The number of halogens is 1. The highest BCUT2D eigenvalue weighted by Gasteiger charge is 2.80. The van der Waals surface area contributed by atoms with Gasteiger partial charge in [-0.2, -0.15) is 0 Å². The van der Waals surface area contributed by atoms with E-state index in [0.29, 0.717) is 36.6 Å². The Hall–Kier alpha value is -3.46. The predicted octanol–water partition coefficient (Wildman–Crippen LogP) is 5.80. The zero-order chi connectivity index (χ0) is 34.3. The molecular formula is C38H48ClN3O5. The average molecular weight is 662 g/mol. The predicted molar refractivity (Wildman–Crippen MR) is 185 cm³/mol. The highest BCUT2D eigenvalue weighted by atomic mass is 35.5. The summed E-state index contributed by atoms with van der Waals surface area (Å²) in [5.74, 6) is -2.91. The quantitative estimate of drug-likeness (QED) is 0.274. The van der Waals surface area contributed by atoms with E-state index in [1.54, 1.807) is 32.9 Å². The zero-order valence-corrected chi connectivity index (χ0v) is 29.0. The van der Waals surface area contributed by atoms with Crippen molar-refractivity contribution in [1.82, 2.24) is 9.80 Å². The van der Waals surface area contributed by atoms with Gasteiger partial charge in [0.1, 0.15) is 11.6 Å². The number of aryl methyl sites for hydroxylation is 1. The van der Waals surface area contributed by atoms with E-state index in [1.165, 1.54) is 0 Å². The zero-order valence-electron chi connectivity index (χ0n) is 28.2. The Labute approximate surface area is 284 Å². The van der Waals surface area contributed by atoms with Crippen LogP contribution in [0.2, 0.25) is 5.02 Å². The normalized spacial score (nSPS) is 28.9. The smallest absolute Gasteiger partial charge is 0.253 e. The van der Waals surface area contributed by atoms with Crippen LogP contribution in [0, 0.1) is 30.6 Å². The van der Waals surface area contributed by atoms with Crippen LogP contribution in [0.4, 0.5) is 5.69 Å². The minimum absolute atomic E-state index is 0.126. The van der Waals surface area contributed by atoms with Crippen LogP contribution in [0.5, 0.6) is 0 Å². The first-order valence-corrected chi connectivity index (χ1v) is 17.0. The summed E-state index contributed by atoms with van der Waals surface area (Å²) in [7, 11) is 0. The summed E-state index contributed by atoms with van der Waals surface area (Å²) in [4.78, 5) is 49.8. The van der Waals surface area contributed by atoms with Crippen molar-refractivity contribution in [2.45, 2.75) is 77.3 Å². The molecule has 3 fully saturated rings. The lowest BCUT2D eigenvalue weighted by molar-refractivity contribution is -0.155. The van der Waals surface area contributed by atoms with E-state index >= 15 is 4.79 Å². The Balaban J connectivity index is 1.67. The standard InChI is InChI=1S/C38H48ClN3O5/c1-8-19-40(22-27-16-12-11-13-17-27)34(44)30-31-35(45)42(29(23-43)24(4)10-3)33(38(31)21-26(6)37(30,7)47-38)36(46)41(20-9-2)32-25(5)15-14-18-28(32)39/h8-9,11-18,24,26,29-31,33,43H,1-2,10,19-23H2,3-7H3/t24-,26?,29-,30-,31-,33?,37+,38?/m0/s1. The molecule has 3 aliphatic heterocycles. The van der Waals surface area contributed by atoms with E-state index in [2.05, 4.69) is 13.2 Å². The van der Waals surface area contributed by atoms with Gasteiger partial charge in [-0.3, -0.25) is 14.4 Å². The maximum Gasteiger partial charge on any atom is 0.253 e. The molecule has 2 aromatic carbocycles. The number of amides is 3. The third-order valence-electron chi connectivity index (χ3n) is 11.0. The summed E-state index contributed by atoms with van der Waals surface area (Å²) in [6.07, 6.45) is 4.42. The number of aliphatic hydroxyl groups excluding tert-OH is 1. The van der Waals surface area contributed by atoms with Gasteiger partial charge in [0.15, 0.2) is 0 Å². The van der Waals surface area contributed by atoms with Gasteiger partial charge < -0.3 is 24.5 Å². The lowest BCUT2D eigenvalue weighted by Gasteiger charge is -2.41. The first kappa shape index (κ1) is 34.9. The number of anilines is 1. The third kappa shape index (κ3) is 5.62. The Kier molecular flexibility index (Phi) is 10.1. The summed E-state index contributed by atoms with van der Waals surface area (Å²) >= 11 is 6.73. The van der Waals surface area contributed by atoms with E-state index in [0.717, 1.165) is 11.1 Å². The fourth-order valence-corrected chi connectivity index (χ4v) is 8.75. The van der Waals surface area contributed by atoms with Crippen LogP contribution in [0.1, 0.15) is 51.7 Å². The highest BCUT2D eigenvalue weighted by Crippen LogP contribution is 2.66. The molecule has 2 aromatic rings. The van der Waals surface area contributed by atoms with Gasteiger partial charge in [-0.15, -0.1) is 13.2 Å². The van der Waals surface area contributed by atoms with Crippen molar-refractivity contribution in [1.29, 1.82) is 0 Å². The number of likely N-dealkylation sites (tertiary alicyclic amines) is 1. The molecule has 47 heavy (non-hydrogen) atoms. The molecule has 0 aliphatic carbocycles. The monoisotopic (exact) mass is 661 g/mol. The van der Waals surface area contributed by atoms with Gasteiger partial charge in [0.2, 0.25) is 11.8 Å². The Bertz CT molecular complexity index is 1510. The molecule has 2 bridgehead atoms. The van der Waals surface area contributed by atoms with Crippen molar-refractivity contribution >= 4 is 35.0 Å². The van der Waals surface area contributed by atoms with Crippen LogP contribution in [-0.4, -0.2) is 75.6 Å². The van der Waals surface area contributed by atoms with Gasteiger partial charge in [-0.1, -0.05) is 93.4 Å². The summed E-state index contributed by atoms with van der Waals surface area (Å²) in [5, 5.41) is 11.2. The molecule has 0 saturated carbocycles. The molecule has 3 heterocycles. The minimum atomic E-state index is -1.29. The van der Waals surface area contributed by atoms with Gasteiger partial charge in [0, 0.05) is 19.6 Å². The van der Waals surface area contributed by atoms with Crippen molar-refractivity contribution in [3.8, 4) is 0 Å². The topological polar surface area (TPSA) is 90.4 Å². The number of aliphatic hydroxyl groups is 1. The number of fused-ring (bicyclic) bond motifs is 1. The Morgan fingerprint density at radius 2 is 1.81 bits per heavy atom. The number of hydrogen-bond acceptors (Lipinski definition) is 5. The Morgan fingerprint density at radius 3 is 2.40 bits per heavy atom. The average Bonchev–Trinajstić information content (AvgIpc) is 3.56. The van der Waals surface area contributed by atoms with E-state index in [4.69, 9.17) is 16.3 Å². The minimum Gasteiger partial charge on any atom is -0.394 e. The van der Waals surface area contributed by atoms with Crippen LogP contribution < -0.4 is 4.90 Å². The summed E-state index contributed by atoms with van der Waals surface area (Å²) in [6, 6.07) is 13.4. The number of rotatable bonds is 13. The summed E-state index contributed by atoms with van der Waals surface area (Å²) in [6.45, 7) is 18.1. The fraction of sp³-hybridized carbons (Fsp3) is 0.500. The fourth-order valence-electron chi connectivity index (χ4n) is 8.43. The second kappa shape index (κ2) is 13.6. The third-order valence-corrected chi connectivity index (χ3v) is 11.3. The Morgan fingerprint density at radius 1 is 1.13 bits per heavy atom. The number of carbonyl (C=O) groups is 3. The largest absolute Gasteiger partial charge is 0.394 e. The number of nitrogens with zero attached hydrogens (tertiary/aromatic N) is 3. The first-order chi connectivity index (χ1) is 22.4. The highest BCUT2D eigenvalue weighted by molar-refractivity contribution is 6.34. The van der Waals surface area contributed by atoms with E-state index in [-0.39, 0.29) is 42.7 Å². The number of hydrogen-bond donors (Lipinski definition) is 1. The van der Waals surface area contributed by atoms with Crippen LogP contribution in [-0.2, 0) is 25.7 Å². The van der Waals surface area contributed by atoms with E-state index < -0.39 is 35.1 Å². The van der Waals surface area contributed by atoms with Crippen molar-refractivity contribution in [3.63, 3.8) is 0 Å². The molecule has 0 radical (unpaired) electrons. The first-order valence-electron chi connectivity index (χ1n) is 16.7. The van der Waals surface area contributed by atoms with Crippen molar-refractivity contribution < 1.29 is 24.2 Å². The summed E-state index contributed by atoms with van der Waals surface area (Å²) < 4.78 is 7.04. The van der Waals surface area contributed by atoms with Gasteiger partial charge in [-0.25, -0.2) is 0 Å². The van der Waals surface area contributed by atoms with E-state index in [9.17, 15) is 14.7 Å². The lowest BCUT2D eigenvalue weighted by atomic mass is 9.62. The molecule has 5 rings (SSSR count). The second-order valence-corrected chi connectivity index (χ2v) is 14.1. The van der Waals surface area contributed by atoms with Crippen molar-refractivity contribution in [2.75, 3.05) is 24.6 Å². The number of benzene rings is 2. The molecule has 9 heteroatoms. The molecule has 1 spiro atoms. The molecule has 1 N–H and O–H groups in total.